The molecule has 2 nitrogen and oxygen atoms in total. The number of allylic oxidation sites excluding steroid dienone is 7. The Morgan fingerprint density at radius 3 is 3.00 bits per heavy atom. The van der Waals surface area contributed by atoms with Crippen molar-refractivity contribution in [3.05, 3.63) is 57.8 Å². The van der Waals surface area contributed by atoms with Gasteiger partial charge in [0.25, 0.3) is 0 Å². The van der Waals surface area contributed by atoms with Crippen molar-refractivity contribution in [3.8, 4) is 0 Å². The van der Waals surface area contributed by atoms with Crippen LogP contribution in [0, 0.1) is 5.41 Å². The van der Waals surface area contributed by atoms with Gasteiger partial charge in [0.15, 0.2) is 0 Å². The van der Waals surface area contributed by atoms with Crippen LogP contribution in [0.2, 0.25) is 0 Å². The number of aliphatic hydroxyl groups excluding tert-OH is 1. The first-order chi connectivity index (χ1) is 8.24. The van der Waals surface area contributed by atoms with Crippen LogP contribution in [0.1, 0.15) is 6.42 Å². The molecule has 17 heavy (non-hydrogen) atoms. The van der Waals surface area contributed by atoms with Crippen LogP contribution in [0.25, 0.3) is 0 Å². The number of aliphatic imine (C=N–C) groups is 1. The molecule has 2 aliphatic carbocycles. The number of rotatable bonds is 1. The fraction of sp³-hybridized carbons (Fsp3) is 0.214. The molecule has 0 fully saturated rings. The molecule has 3 rings (SSSR count). The molecule has 0 saturated carbocycles. The lowest BCUT2D eigenvalue weighted by atomic mass is 9.66. The molecule has 1 N–H and O–H groups in total. The van der Waals surface area contributed by atoms with E-state index in [2.05, 4.69) is 45.2 Å². The first-order valence-corrected chi connectivity index (χ1v) is 6.36. The number of nitrogens with zero attached hydrogens (tertiary/aromatic N) is 1. The van der Waals surface area contributed by atoms with Gasteiger partial charge in [-0.15, -0.1) is 0 Å². The Bertz CT molecular complexity index is 549. The van der Waals surface area contributed by atoms with Crippen molar-refractivity contribution in [2.24, 2.45) is 10.4 Å². The first-order valence-electron chi connectivity index (χ1n) is 5.57. The molecule has 1 atom stereocenters. The summed E-state index contributed by atoms with van der Waals surface area (Å²) < 4.78 is 1.09. The minimum Gasteiger partial charge on any atom is -0.392 e. The molecule has 0 aromatic rings. The number of halogens is 1. The molecule has 3 heteroatoms. The molecule has 1 spiro atoms. The summed E-state index contributed by atoms with van der Waals surface area (Å²) >= 11 is 3.52. The van der Waals surface area contributed by atoms with Gasteiger partial charge in [-0.25, -0.2) is 0 Å². The van der Waals surface area contributed by atoms with Crippen molar-refractivity contribution in [2.45, 2.75) is 6.42 Å². The standard InChI is InChI=1S/C14H12BrNO/c15-13-1-3-14-9-16-4-2-11(14)5-10(8-17)6-12(14)7-13/h1-2,4-7,9,17H,3,8H2. The van der Waals surface area contributed by atoms with Crippen LogP contribution in [-0.2, 0) is 0 Å². The van der Waals surface area contributed by atoms with E-state index in [1.807, 2.05) is 18.5 Å². The van der Waals surface area contributed by atoms with Gasteiger partial charge in [-0.2, -0.15) is 0 Å². The largest absolute Gasteiger partial charge is 0.392 e. The minimum absolute atomic E-state index is 0.0727. The smallest absolute Gasteiger partial charge is 0.0682 e. The van der Waals surface area contributed by atoms with Crippen LogP contribution in [0.15, 0.2) is 62.8 Å². The second-order valence-electron chi connectivity index (χ2n) is 4.44. The molecule has 0 bridgehead atoms. The highest BCUT2D eigenvalue weighted by Crippen LogP contribution is 2.47. The number of aliphatic hydroxyl groups is 1. The predicted molar refractivity (Wildman–Crippen MR) is 73.0 cm³/mol. The second-order valence-corrected chi connectivity index (χ2v) is 5.35. The predicted octanol–water partition coefficient (Wildman–Crippen LogP) is 3.04. The fourth-order valence-electron chi connectivity index (χ4n) is 2.52. The third-order valence-electron chi connectivity index (χ3n) is 3.44. The summed E-state index contributed by atoms with van der Waals surface area (Å²) in [6.45, 7) is 0.0727. The van der Waals surface area contributed by atoms with Crippen LogP contribution < -0.4 is 0 Å². The quantitative estimate of drug-likeness (QED) is 0.791. The summed E-state index contributed by atoms with van der Waals surface area (Å²) in [7, 11) is 0. The molecule has 86 valence electrons. The Morgan fingerprint density at radius 2 is 2.18 bits per heavy atom. The van der Waals surface area contributed by atoms with Crippen molar-refractivity contribution in [2.75, 3.05) is 6.61 Å². The van der Waals surface area contributed by atoms with Crippen molar-refractivity contribution in [3.63, 3.8) is 0 Å². The molecule has 0 saturated heterocycles. The highest BCUT2D eigenvalue weighted by molar-refractivity contribution is 9.11. The molecule has 0 aromatic carbocycles. The van der Waals surface area contributed by atoms with E-state index in [-0.39, 0.29) is 12.0 Å². The van der Waals surface area contributed by atoms with Gasteiger partial charge < -0.3 is 5.11 Å². The SMILES string of the molecule is OCC1=CC2=CC(Br)=CCC23C=NC=CC3=C1. The summed E-state index contributed by atoms with van der Waals surface area (Å²) in [5, 5.41) is 9.31. The molecule has 1 heterocycles. The van der Waals surface area contributed by atoms with Crippen molar-refractivity contribution in [1.82, 2.24) is 0 Å². The average Bonchev–Trinajstić information content (AvgIpc) is 2.36. The van der Waals surface area contributed by atoms with E-state index in [0.29, 0.717) is 0 Å². The van der Waals surface area contributed by atoms with Gasteiger partial charge in [-0.3, -0.25) is 4.99 Å². The van der Waals surface area contributed by atoms with Gasteiger partial charge in [-0.1, -0.05) is 34.2 Å². The van der Waals surface area contributed by atoms with Crippen LogP contribution >= 0.6 is 15.9 Å². The summed E-state index contributed by atoms with van der Waals surface area (Å²) in [5.41, 5.74) is 3.23. The third-order valence-corrected chi connectivity index (χ3v) is 3.99. The molecular weight excluding hydrogens is 278 g/mol. The van der Waals surface area contributed by atoms with Crippen molar-refractivity contribution in [1.29, 1.82) is 0 Å². The zero-order valence-electron chi connectivity index (χ0n) is 9.23. The highest BCUT2D eigenvalue weighted by atomic mass is 79.9. The summed E-state index contributed by atoms with van der Waals surface area (Å²) in [6, 6.07) is 0. The molecule has 0 radical (unpaired) electrons. The van der Waals surface area contributed by atoms with E-state index < -0.39 is 0 Å². The molecule has 1 unspecified atom stereocenters. The van der Waals surface area contributed by atoms with Crippen molar-refractivity contribution >= 4 is 22.1 Å². The van der Waals surface area contributed by atoms with Crippen LogP contribution in [0.3, 0.4) is 0 Å². The highest BCUT2D eigenvalue weighted by Gasteiger charge is 2.38. The van der Waals surface area contributed by atoms with E-state index in [1.54, 1.807) is 0 Å². The fourth-order valence-corrected chi connectivity index (χ4v) is 2.93. The summed E-state index contributed by atoms with van der Waals surface area (Å²) in [6.07, 6.45) is 15.2. The van der Waals surface area contributed by atoms with E-state index in [9.17, 15) is 5.11 Å². The topological polar surface area (TPSA) is 32.6 Å². The Labute approximate surface area is 109 Å². The first kappa shape index (κ1) is 10.9. The lowest BCUT2D eigenvalue weighted by molar-refractivity contribution is 0.333. The zero-order chi connectivity index (χ0) is 11.9. The van der Waals surface area contributed by atoms with Gasteiger partial charge in [0.1, 0.15) is 0 Å². The Morgan fingerprint density at radius 1 is 1.29 bits per heavy atom. The average molecular weight is 290 g/mol. The van der Waals surface area contributed by atoms with E-state index in [4.69, 9.17) is 0 Å². The normalized spacial score (nSPS) is 29.8. The van der Waals surface area contributed by atoms with Gasteiger partial charge in [0, 0.05) is 16.9 Å². The number of hydrogen-bond acceptors (Lipinski definition) is 2. The van der Waals surface area contributed by atoms with Crippen LogP contribution in [-0.4, -0.2) is 17.9 Å². The third kappa shape index (κ3) is 1.61. The zero-order valence-corrected chi connectivity index (χ0v) is 10.8. The van der Waals surface area contributed by atoms with E-state index in [0.717, 1.165) is 16.5 Å². The maximum Gasteiger partial charge on any atom is 0.0682 e. The summed E-state index contributed by atoms with van der Waals surface area (Å²) in [4.78, 5) is 4.29. The maximum atomic E-state index is 9.31. The summed E-state index contributed by atoms with van der Waals surface area (Å²) in [5.74, 6) is 0. The van der Waals surface area contributed by atoms with E-state index in [1.165, 1.54) is 11.1 Å². The van der Waals surface area contributed by atoms with Crippen molar-refractivity contribution < 1.29 is 5.11 Å². The maximum absolute atomic E-state index is 9.31. The molecule has 0 aromatic heterocycles. The van der Waals surface area contributed by atoms with Gasteiger partial charge in [0.05, 0.1) is 12.0 Å². The molecule has 1 aliphatic heterocycles. The molecule has 0 amide bonds. The van der Waals surface area contributed by atoms with Gasteiger partial charge in [-0.05, 0) is 35.3 Å². The Hall–Kier alpha value is -1.19. The van der Waals surface area contributed by atoms with E-state index >= 15 is 0 Å². The Balaban J connectivity index is 2.18. The van der Waals surface area contributed by atoms with Gasteiger partial charge in [0.2, 0.25) is 0 Å². The number of hydrogen-bond donors (Lipinski definition) is 1. The monoisotopic (exact) mass is 289 g/mol. The second kappa shape index (κ2) is 3.93. The molecule has 3 aliphatic rings. The lowest BCUT2D eigenvalue weighted by Crippen LogP contribution is -2.31. The van der Waals surface area contributed by atoms with Crippen LogP contribution in [0.5, 0.6) is 0 Å². The minimum atomic E-state index is -0.120. The van der Waals surface area contributed by atoms with Gasteiger partial charge >= 0.3 is 0 Å². The lowest BCUT2D eigenvalue weighted by Gasteiger charge is -2.38. The Kier molecular flexibility index (Phi) is 2.53. The van der Waals surface area contributed by atoms with Crippen LogP contribution in [0.4, 0.5) is 0 Å². The molecular formula is C14H12BrNO.